The average Bonchev–Trinajstić information content (AvgIpc) is 3.05. The third-order valence-electron chi connectivity index (χ3n) is 3.53. The van der Waals surface area contributed by atoms with Crippen LogP contribution in [0.4, 0.5) is 0 Å². The van der Waals surface area contributed by atoms with Crippen LogP contribution in [-0.2, 0) is 6.54 Å². The molecule has 0 fully saturated rings. The van der Waals surface area contributed by atoms with E-state index in [-0.39, 0.29) is 11.7 Å². The van der Waals surface area contributed by atoms with Gasteiger partial charge in [-0.25, -0.2) is 0 Å². The monoisotopic (exact) mass is 307 g/mol. The van der Waals surface area contributed by atoms with Gasteiger partial charge in [-0.3, -0.25) is 4.79 Å². The van der Waals surface area contributed by atoms with Gasteiger partial charge in [0.15, 0.2) is 0 Å². The molecule has 0 bridgehead atoms. The molecule has 0 radical (unpaired) electrons. The molecule has 5 nitrogen and oxygen atoms in total. The number of nitrogens with zero attached hydrogens (tertiary/aromatic N) is 3. The molecule has 0 aliphatic heterocycles. The molecule has 0 aliphatic carbocycles. The Kier molecular flexibility index (Phi) is 4.19. The fraction of sp³-hybridized carbons (Fsp3) is 0.167. The Hall–Kier alpha value is -2.95. The molecule has 116 valence electrons. The van der Waals surface area contributed by atoms with Gasteiger partial charge in [-0.05, 0) is 24.6 Å². The summed E-state index contributed by atoms with van der Waals surface area (Å²) in [5.74, 6) is 0.149. The lowest BCUT2D eigenvalue weighted by molar-refractivity contribution is 0.0769. The van der Waals surface area contributed by atoms with Gasteiger partial charge in [-0.1, -0.05) is 53.2 Å². The SMILES string of the molecule is Cc1ccc(-c2nc(C(=O)N(C)Cc3ccccc3)no2)cc1. The Morgan fingerprint density at radius 1 is 1.09 bits per heavy atom. The van der Waals surface area contributed by atoms with Crippen molar-refractivity contribution in [1.82, 2.24) is 15.0 Å². The first kappa shape index (κ1) is 15.0. The molecule has 0 aliphatic rings. The van der Waals surface area contributed by atoms with Crippen molar-refractivity contribution < 1.29 is 9.32 Å². The van der Waals surface area contributed by atoms with E-state index in [0.717, 1.165) is 16.7 Å². The molecule has 0 unspecified atom stereocenters. The van der Waals surface area contributed by atoms with Crippen LogP contribution in [0.25, 0.3) is 11.5 Å². The predicted molar refractivity (Wildman–Crippen MR) is 86.7 cm³/mol. The zero-order valence-electron chi connectivity index (χ0n) is 13.1. The van der Waals surface area contributed by atoms with E-state index in [2.05, 4.69) is 10.1 Å². The minimum atomic E-state index is -0.268. The zero-order chi connectivity index (χ0) is 16.2. The smallest absolute Gasteiger partial charge is 0.295 e. The van der Waals surface area contributed by atoms with Crippen LogP contribution in [0, 0.1) is 6.92 Å². The topological polar surface area (TPSA) is 59.2 Å². The largest absolute Gasteiger partial charge is 0.335 e. The molecule has 0 saturated carbocycles. The summed E-state index contributed by atoms with van der Waals surface area (Å²) in [6.07, 6.45) is 0. The standard InChI is InChI=1S/C18H17N3O2/c1-13-8-10-15(11-9-13)17-19-16(20-23-17)18(22)21(2)12-14-6-4-3-5-7-14/h3-11H,12H2,1-2H3. The van der Waals surface area contributed by atoms with Crippen molar-refractivity contribution in [3.63, 3.8) is 0 Å². The molecule has 3 aromatic rings. The van der Waals surface area contributed by atoms with Gasteiger partial charge < -0.3 is 9.42 Å². The second kappa shape index (κ2) is 6.44. The number of amides is 1. The summed E-state index contributed by atoms with van der Waals surface area (Å²) in [5.41, 5.74) is 2.99. The fourth-order valence-electron chi connectivity index (χ4n) is 2.22. The van der Waals surface area contributed by atoms with Crippen molar-refractivity contribution in [2.45, 2.75) is 13.5 Å². The lowest BCUT2D eigenvalue weighted by atomic mass is 10.1. The zero-order valence-corrected chi connectivity index (χ0v) is 13.1. The van der Waals surface area contributed by atoms with Crippen molar-refractivity contribution >= 4 is 5.91 Å². The molecule has 2 aromatic carbocycles. The minimum absolute atomic E-state index is 0.0685. The van der Waals surface area contributed by atoms with Crippen molar-refractivity contribution in [2.24, 2.45) is 0 Å². The van der Waals surface area contributed by atoms with E-state index in [0.29, 0.717) is 12.4 Å². The third kappa shape index (κ3) is 3.45. The first-order valence-corrected chi connectivity index (χ1v) is 7.33. The molecule has 1 aromatic heterocycles. The first-order valence-electron chi connectivity index (χ1n) is 7.33. The maximum absolute atomic E-state index is 12.4. The first-order chi connectivity index (χ1) is 11.1. The highest BCUT2D eigenvalue weighted by Gasteiger charge is 2.19. The highest BCUT2D eigenvalue weighted by Crippen LogP contribution is 2.18. The highest BCUT2D eigenvalue weighted by atomic mass is 16.5. The van der Waals surface area contributed by atoms with E-state index >= 15 is 0 Å². The summed E-state index contributed by atoms with van der Waals surface area (Å²) in [6.45, 7) is 2.50. The molecule has 3 rings (SSSR count). The number of carbonyl (C=O) groups is 1. The van der Waals surface area contributed by atoms with Gasteiger partial charge in [0.2, 0.25) is 0 Å². The van der Waals surface area contributed by atoms with Crippen LogP contribution in [0.15, 0.2) is 59.1 Å². The van der Waals surface area contributed by atoms with Crippen LogP contribution in [0.1, 0.15) is 21.7 Å². The lowest BCUT2D eigenvalue weighted by Gasteiger charge is -2.14. The van der Waals surface area contributed by atoms with Crippen LogP contribution in [-0.4, -0.2) is 28.0 Å². The van der Waals surface area contributed by atoms with Gasteiger partial charge in [0, 0.05) is 19.2 Å². The van der Waals surface area contributed by atoms with Gasteiger partial charge in [-0.15, -0.1) is 0 Å². The van der Waals surface area contributed by atoms with Crippen molar-refractivity contribution in [3.05, 3.63) is 71.5 Å². The van der Waals surface area contributed by atoms with Crippen LogP contribution in [0.2, 0.25) is 0 Å². The summed E-state index contributed by atoms with van der Waals surface area (Å²) in [4.78, 5) is 18.2. The molecular formula is C18H17N3O2. The number of carbonyl (C=O) groups excluding carboxylic acids is 1. The van der Waals surface area contributed by atoms with Gasteiger partial charge in [0.1, 0.15) is 0 Å². The summed E-state index contributed by atoms with van der Waals surface area (Å²) in [5, 5.41) is 3.80. The third-order valence-corrected chi connectivity index (χ3v) is 3.53. The van der Waals surface area contributed by atoms with Crippen LogP contribution >= 0.6 is 0 Å². The van der Waals surface area contributed by atoms with Crippen molar-refractivity contribution in [2.75, 3.05) is 7.05 Å². The molecular weight excluding hydrogens is 290 g/mol. The van der Waals surface area contributed by atoms with E-state index < -0.39 is 0 Å². The number of rotatable bonds is 4. The van der Waals surface area contributed by atoms with Crippen molar-refractivity contribution in [1.29, 1.82) is 0 Å². The molecule has 0 spiro atoms. The summed E-state index contributed by atoms with van der Waals surface area (Å²) in [7, 11) is 1.72. The van der Waals surface area contributed by atoms with Gasteiger partial charge in [0.05, 0.1) is 0 Å². The number of aryl methyl sites for hydroxylation is 1. The second-order valence-corrected chi connectivity index (χ2v) is 5.44. The summed E-state index contributed by atoms with van der Waals surface area (Å²) < 4.78 is 5.20. The van der Waals surface area contributed by atoms with E-state index in [1.165, 1.54) is 0 Å². The quantitative estimate of drug-likeness (QED) is 0.742. The molecule has 1 amide bonds. The molecule has 1 heterocycles. The molecule has 0 atom stereocenters. The maximum Gasteiger partial charge on any atom is 0.295 e. The normalized spacial score (nSPS) is 10.5. The van der Waals surface area contributed by atoms with E-state index in [1.807, 2.05) is 61.5 Å². The molecule has 0 saturated heterocycles. The summed E-state index contributed by atoms with van der Waals surface area (Å²) >= 11 is 0. The van der Waals surface area contributed by atoms with E-state index in [1.54, 1.807) is 11.9 Å². The fourth-order valence-corrected chi connectivity index (χ4v) is 2.22. The average molecular weight is 307 g/mol. The number of hydrogen-bond acceptors (Lipinski definition) is 4. The van der Waals surface area contributed by atoms with Crippen molar-refractivity contribution in [3.8, 4) is 11.5 Å². The van der Waals surface area contributed by atoms with E-state index in [4.69, 9.17) is 4.52 Å². The second-order valence-electron chi connectivity index (χ2n) is 5.44. The Morgan fingerprint density at radius 2 is 1.78 bits per heavy atom. The number of aromatic nitrogens is 2. The van der Waals surface area contributed by atoms with Gasteiger partial charge in [0.25, 0.3) is 17.6 Å². The van der Waals surface area contributed by atoms with Crippen LogP contribution < -0.4 is 0 Å². The Morgan fingerprint density at radius 3 is 2.48 bits per heavy atom. The van der Waals surface area contributed by atoms with Crippen LogP contribution in [0.3, 0.4) is 0 Å². The van der Waals surface area contributed by atoms with Crippen LogP contribution in [0.5, 0.6) is 0 Å². The van der Waals surface area contributed by atoms with E-state index in [9.17, 15) is 4.79 Å². The maximum atomic E-state index is 12.4. The number of benzene rings is 2. The molecule has 5 heteroatoms. The van der Waals surface area contributed by atoms with Gasteiger partial charge >= 0.3 is 0 Å². The Labute approximate surface area is 134 Å². The molecule has 23 heavy (non-hydrogen) atoms. The van der Waals surface area contributed by atoms with Gasteiger partial charge in [-0.2, -0.15) is 4.98 Å². The minimum Gasteiger partial charge on any atom is -0.335 e. The highest BCUT2D eigenvalue weighted by molar-refractivity contribution is 5.90. The summed E-state index contributed by atoms with van der Waals surface area (Å²) in [6, 6.07) is 17.5. The lowest BCUT2D eigenvalue weighted by Crippen LogP contribution is -2.27. The predicted octanol–water partition coefficient (Wildman–Crippen LogP) is 3.32. The number of hydrogen-bond donors (Lipinski definition) is 0. The Balaban J connectivity index is 1.74. The molecule has 0 N–H and O–H groups in total. The Bertz CT molecular complexity index is 795.